The van der Waals surface area contributed by atoms with Gasteiger partial charge < -0.3 is 5.11 Å². The first-order chi connectivity index (χ1) is 10.9. The van der Waals surface area contributed by atoms with Crippen molar-refractivity contribution in [2.75, 3.05) is 26.2 Å². The second-order valence-electron chi connectivity index (χ2n) is 5.72. The Morgan fingerprint density at radius 3 is 2.57 bits per heavy atom. The van der Waals surface area contributed by atoms with Crippen LogP contribution in [0, 0.1) is 11.6 Å². The predicted molar refractivity (Wildman–Crippen MR) is 82.5 cm³/mol. The molecule has 0 aromatic heterocycles. The molecule has 0 bridgehead atoms. The molecule has 23 heavy (non-hydrogen) atoms. The molecule has 0 saturated carbocycles. The lowest BCUT2D eigenvalue weighted by Gasteiger charge is -2.22. The van der Waals surface area contributed by atoms with Gasteiger partial charge in [0.05, 0.1) is 11.5 Å². The molecule has 2 rings (SSSR count). The van der Waals surface area contributed by atoms with Crippen molar-refractivity contribution >= 4 is 10.0 Å². The first-order valence-corrected chi connectivity index (χ1v) is 9.21. The highest BCUT2D eigenvalue weighted by atomic mass is 32.2. The Morgan fingerprint density at radius 2 is 1.91 bits per heavy atom. The fourth-order valence-corrected chi connectivity index (χ4v) is 3.92. The Morgan fingerprint density at radius 1 is 1.22 bits per heavy atom. The molecule has 1 aromatic rings. The second-order valence-corrected chi connectivity index (χ2v) is 7.49. The van der Waals surface area contributed by atoms with Crippen LogP contribution in [0.25, 0.3) is 0 Å². The van der Waals surface area contributed by atoms with Crippen molar-refractivity contribution in [2.24, 2.45) is 0 Å². The Hall–Kier alpha value is -1.09. The van der Waals surface area contributed by atoms with Crippen molar-refractivity contribution in [1.29, 1.82) is 0 Å². The SMILES string of the molecule is O=S(=O)(NCCCCN1CCCC1CO)c1cc(F)cc(F)c1. The van der Waals surface area contributed by atoms with Gasteiger partial charge in [0.15, 0.2) is 0 Å². The molecule has 0 amide bonds. The Bertz CT molecular complexity index is 605. The van der Waals surface area contributed by atoms with Gasteiger partial charge in [-0.05, 0) is 50.9 Å². The van der Waals surface area contributed by atoms with E-state index in [1.165, 1.54) is 0 Å². The second kappa shape index (κ2) is 8.14. The Kier molecular flexibility index (Phi) is 6.46. The Labute approximate surface area is 135 Å². The summed E-state index contributed by atoms with van der Waals surface area (Å²) in [6.07, 6.45) is 3.47. The van der Waals surface area contributed by atoms with Crippen LogP contribution in [0.4, 0.5) is 8.78 Å². The third-order valence-corrected chi connectivity index (χ3v) is 5.46. The first kappa shape index (κ1) is 18.3. The molecule has 5 nitrogen and oxygen atoms in total. The van der Waals surface area contributed by atoms with E-state index in [9.17, 15) is 22.3 Å². The zero-order valence-corrected chi connectivity index (χ0v) is 13.7. The van der Waals surface area contributed by atoms with Gasteiger partial charge >= 0.3 is 0 Å². The maximum atomic E-state index is 13.1. The summed E-state index contributed by atoms with van der Waals surface area (Å²) >= 11 is 0. The lowest BCUT2D eigenvalue weighted by Crippen LogP contribution is -2.33. The van der Waals surface area contributed by atoms with Gasteiger partial charge in [0.25, 0.3) is 0 Å². The van der Waals surface area contributed by atoms with Gasteiger partial charge in [-0.3, -0.25) is 4.90 Å². The van der Waals surface area contributed by atoms with E-state index in [4.69, 9.17) is 0 Å². The van der Waals surface area contributed by atoms with Crippen molar-refractivity contribution in [3.63, 3.8) is 0 Å². The summed E-state index contributed by atoms with van der Waals surface area (Å²) in [5.74, 6) is -1.84. The van der Waals surface area contributed by atoms with E-state index in [1.54, 1.807) is 0 Å². The van der Waals surface area contributed by atoms with Crippen molar-refractivity contribution in [3.05, 3.63) is 29.8 Å². The summed E-state index contributed by atoms with van der Waals surface area (Å²) in [6, 6.07) is 2.43. The molecule has 0 spiro atoms. The van der Waals surface area contributed by atoms with E-state index in [1.807, 2.05) is 0 Å². The average molecular weight is 348 g/mol. The molecule has 1 atom stereocenters. The largest absolute Gasteiger partial charge is 0.395 e. The highest BCUT2D eigenvalue weighted by Crippen LogP contribution is 2.17. The monoisotopic (exact) mass is 348 g/mol. The molecule has 8 heteroatoms. The van der Waals surface area contributed by atoms with Gasteiger partial charge in [-0.2, -0.15) is 0 Å². The van der Waals surface area contributed by atoms with Gasteiger partial charge in [0.2, 0.25) is 10.0 Å². The minimum Gasteiger partial charge on any atom is -0.395 e. The topological polar surface area (TPSA) is 69.6 Å². The molecule has 1 saturated heterocycles. The number of hydrogen-bond acceptors (Lipinski definition) is 4. The molecular formula is C15H22F2N2O3S. The van der Waals surface area contributed by atoms with Crippen LogP contribution in [-0.4, -0.2) is 50.7 Å². The van der Waals surface area contributed by atoms with Crippen LogP contribution in [0.1, 0.15) is 25.7 Å². The number of unbranched alkanes of at least 4 members (excludes halogenated alkanes) is 1. The fourth-order valence-electron chi connectivity index (χ4n) is 2.81. The molecule has 1 aliphatic rings. The number of likely N-dealkylation sites (tertiary alicyclic amines) is 1. The van der Waals surface area contributed by atoms with E-state index in [0.717, 1.165) is 44.5 Å². The van der Waals surface area contributed by atoms with Crippen LogP contribution in [-0.2, 0) is 10.0 Å². The van der Waals surface area contributed by atoms with E-state index in [0.29, 0.717) is 12.5 Å². The van der Waals surface area contributed by atoms with Gasteiger partial charge in [0, 0.05) is 18.7 Å². The van der Waals surface area contributed by atoms with E-state index < -0.39 is 26.6 Å². The number of aliphatic hydroxyl groups is 1. The Balaban J connectivity index is 1.77. The number of halogens is 2. The third kappa shape index (κ3) is 5.20. The van der Waals surface area contributed by atoms with Crippen molar-refractivity contribution in [2.45, 2.75) is 36.6 Å². The fraction of sp³-hybridized carbons (Fsp3) is 0.600. The summed E-state index contributed by atoms with van der Waals surface area (Å²) in [7, 11) is -3.90. The van der Waals surface area contributed by atoms with E-state index in [2.05, 4.69) is 9.62 Å². The molecule has 1 fully saturated rings. The molecular weight excluding hydrogens is 326 g/mol. The summed E-state index contributed by atoms with van der Waals surface area (Å²) in [6.45, 7) is 2.12. The molecule has 1 aromatic carbocycles. The van der Waals surface area contributed by atoms with Gasteiger partial charge in [0.1, 0.15) is 11.6 Å². The van der Waals surface area contributed by atoms with Gasteiger partial charge in [-0.1, -0.05) is 0 Å². The van der Waals surface area contributed by atoms with Crippen LogP contribution in [0.3, 0.4) is 0 Å². The lowest BCUT2D eigenvalue weighted by atomic mass is 10.2. The minimum absolute atomic E-state index is 0.151. The summed E-state index contributed by atoms with van der Waals surface area (Å²) in [5.41, 5.74) is 0. The normalized spacial score (nSPS) is 19.3. The third-order valence-electron chi connectivity index (χ3n) is 4.02. The van der Waals surface area contributed by atoms with Gasteiger partial charge in [-0.25, -0.2) is 21.9 Å². The highest BCUT2D eigenvalue weighted by molar-refractivity contribution is 7.89. The van der Waals surface area contributed by atoms with E-state index >= 15 is 0 Å². The molecule has 1 aliphatic heterocycles. The number of rotatable bonds is 8. The lowest BCUT2D eigenvalue weighted by molar-refractivity contribution is 0.157. The van der Waals surface area contributed by atoms with Crippen molar-refractivity contribution in [3.8, 4) is 0 Å². The summed E-state index contributed by atoms with van der Waals surface area (Å²) < 4.78 is 52.5. The van der Waals surface area contributed by atoms with Crippen LogP contribution in [0.2, 0.25) is 0 Å². The molecule has 1 unspecified atom stereocenters. The summed E-state index contributed by atoms with van der Waals surface area (Å²) in [5, 5.41) is 9.22. The summed E-state index contributed by atoms with van der Waals surface area (Å²) in [4.78, 5) is 1.80. The zero-order valence-electron chi connectivity index (χ0n) is 12.8. The van der Waals surface area contributed by atoms with Gasteiger partial charge in [-0.15, -0.1) is 0 Å². The maximum Gasteiger partial charge on any atom is 0.240 e. The average Bonchev–Trinajstić information content (AvgIpc) is 2.93. The predicted octanol–water partition coefficient (Wildman–Crippen LogP) is 1.48. The molecule has 0 radical (unpaired) electrons. The van der Waals surface area contributed by atoms with Crippen LogP contribution >= 0.6 is 0 Å². The number of benzene rings is 1. The maximum absolute atomic E-state index is 13.1. The van der Waals surface area contributed by atoms with Crippen LogP contribution in [0.5, 0.6) is 0 Å². The minimum atomic E-state index is -3.90. The van der Waals surface area contributed by atoms with E-state index in [-0.39, 0.29) is 19.2 Å². The highest BCUT2D eigenvalue weighted by Gasteiger charge is 2.22. The molecule has 130 valence electrons. The number of sulfonamides is 1. The number of nitrogens with one attached hydrogen (secondary N) is 1. The van der Waals surface area contributed by atoms with Crippen molar-refractivity contribution < 1.29 is 22.3 Å². The zero-order chi connectivity index (χ0) is 16.9. The number of hydrogen-bond donors (Lipinski definition) is 2. The van der Waals surface area contributed by atoms with Crippen molar-refractivity contribution in [1.82, 2.24) is 9.62 Å². The number of nitrogens with zero attached hydrogens (tertiary/aromatic N) is 1. The molecule has 0 aliphatic carbocycles. The quantitative estimate of drug-likeness (QED) is 0.698. The molecule has 1 heterocycles. The smallest absolute Gasteiger partial charge is 0.240 e. The van der Waals surface area contributed by atoms with Crippen LogP contribution in [0.15, 0.2) is 23.1 Å². The number of aliphatic hydroxyl groups excluding tert-OH is 1. The first-order valence-electron chi connectivity index (χ1n) is 7.73. The molecule has 2 N–H and O–H groups in total. The van der Waals surface area contributed by atoms with Crippen LogP contribution < -0.4 is 4.72 Å². The standard InChI is InChI=1S/C15H22F2N2O3S/c16-12-8-13(17)10-15(9-12)23(21,22)18-5-1-2-6-19-7-3-4-14(19)11-20/h8-10,14,18,20H,1-7,11H2.